The number of rotatable bonds is 8. The quantitative estimate of drug-likeness (QED) is 0.240. The van der Waals surface area contributed by atoms with Gasteiger partial charge in [0.05, 0.1) is 35.2 Å². The molecule has 2 amide bonds. The van der Waals surface area contributed by atoms with E-state index in [1.807, 2.05) is 0 Å². The van der Waals surface area contributed by atoms with E-state index in [0.29, 0.717) is 11.5 Å². The van der Waals surface area contributed by atoms with E-state index in [0.717, 1.165) is 23.5 Å². The number of pyridine rings is 1. The number of hydrogen-bond acceptors (Lipinski definition) is 8. The molecule has 3 heterocycles. The predicted octanol–water partition coefficient (Wildman–Crippen LogP) is 2.78. The third-order valence-corrected chi connectivity index (χ3v) is 6.43. The van der Waals surface area contributed by atoms with Crippen molar-refractivity contribution >= 4 is 85.4 Å². The number of primary amides is 1. The Bertz CT molecular complexity index is 1480. The first-order valence-electron chi connectivity index (χ1n) is 11.0. The fraction of sp³-hybridized carbons (Fsp3) is 0.208. The summed E-state index contributed by atoms with van der Waals surface area (Å²) in [5.74, 6) is -2.59. The van der Waals surface area contributed by atoms with Crippen molar-refractivity contribution in [2.24, 2.45) is 5.73 Å². The van der Waals surface area contributed by atoms with Gasteiger partial charge >= 0.3 is 0 Å². The van der Waals surface area contributed by atoms with Crippen LogP contribution in [0.2, 0.25) is 0 Å². The van der Waals surface area contributed by atoms with E-state index in [1.54, 1.807) is 18.2 Å². The van der Waals surface area contributed by atoms with Gasteiger partial charge in [0.2, 0.25) is 0 Å². The van der Waals surface area contributed by atoms with Crippen LogP contribution in [0.15, 0.2) is 42.6 Å². The van der Waals surface area contributed by atoms with Crippen LogP contribution < -0.4 is 16.4 Å². The van der Waals surface area contributed by atoms with E-state index in [-0.39, 0.29) is 96.1 Å². The first-order valence-corrected chi connectivity index (χ1v) is 11.8. The van der Waals surface area contributed by atoms with Gasteiger partial charge in [-0.2, -0.15) is 0 Å². The third kappa shape index (κ3) is 6.69. The first kappa shape index (κ1) is 30.0. The second-order valence-corrected chi connectivity index (χ2v) is 9.66. The van der Waals surface area contributed by atoms with Crippen LogP contribution in [0.1, 0.15) is 46.0 Å². The number of amides is 2. The van der Waals surface area contributed by atoms with Crippen LogP contribution in [-0.4, -0.2) is 95.3 Å². The van der Waals surface area contributed by atoms with Gasteiger partial charge in [-0.3, -0.25) is 9.59 Å². The number of thiophene rings is 1. The van der Waals surface area contributed by atoms with Gasteiger partial charge in [-0.15, -0.1) is 16.4 Å². The number of aromatic nitrogens is 4. The summed E-state index contributed by atoms with van der Waals surface area (Å²) in [5, 5.41) is 23.5. The van der Waals surface area contributed by atoms with Crippen LogP contribution in [-0.2, 0) is 12.1 Å². The summed E-state index contributed by atoms with van der Waals surface area (Å²) in [5.41, 5.74) is 4.58. The summed E-state index contributed by atoms with van der Waals surface area (Å²) in [6.45, 7) is 3.05. The van der Waals surface area contributed by atoms with Gasteiger partial charge in [-0.05, 0) is 49.7 Å². The zero-order valence-electron chi connectivity index (χ0n) is 21.0. The molecule has 193 valence electrons. The molecule has 38 heavy (non-hydrogen) atoms. The van der Waals surface area contributed by atoms with Crippen LogP contribution in [0.3, 0.4) is 0 Å². The molecule has 0 fully saturated rings. The Labute approximate surface area is 263 Å². The van der Waals surface area contributed by atoms with Crippen molar-refractivity contribution in [1.82, 2.24) is 25.3 Å². The van der Waals surface area contributed by atoms with Crippen LogP contribution in [0.25, 0.3) is 10.4 Å². The molecule has 3 aromatic heterocycles. The Morgan fingerprint density at radius 2 is 1.87 bits per heavy atom. The van der Waals surface area contributed by atoms with Crippen molar-refractivity contribution < 1.29 is 23.5 Å². The maximum absolute atomic E-state index is 14.9. The first-order chi connectivity index (χ1) is 17.5. The molecule has 0 atom stereocenters. The second-order valence-electron chi connectivity index (χ2n) is 8.61. The molecule has 0 aliphatic rings. The molecule has 0 spiro atoms. The SMILES string of the molecule is CNC(=O)c1cn(Cc2cccc(Nc3sc(-c4c(F)cc(C(C)(C)O)cc4F)cc3C(N)=O)n2)nn1.[K]. The van der Waals surface area contributed by atoms with E-state index >= 15 is 0 Å². The minimum atomic E-state index is -1.44. The minimum Gasteiger partial charge on any atom is -0.386 e. The fourth-order valence-electron chi connectivity index (χ4n) is 3.48. The van der Waals surface area contributed by atoms with Crippen molar-refractivity contribution in [3.8, 4) is 10.4 Å². The van der Waals surface area contributed by atoms with Crippen molar-refractivity contribution in [2.45, 2.75) is 26.0 Å². The summed E-state index contributed by atoms with van der Waals surface area (Å²) in [7, 11) is 1.49. The molecule has 0 aliphatic carbocycles. The van der Waals surface area contributed by atoms with Gasteiger partial charge in [-0.25, -0.2) is 18.4 Å². The minimum absolute atomic E-state index is 0. The Balaban J connectivity index is 0.00000400. The number of aliphatic hydroxyl groups is 1. The monoisotopic (exact) mass is 566 g/mol. The average Bonchev–Trinajstić information content (AvgIpc) is 3.45. The molecular formula is C24H23F2KN7O3S. The summed E-state index contributed by atoms with van der Waals surface area (Å²) in [6.07, 6.45) is 1.48. The van der Waals surface area contributed by atoms with Gasteiger partial charge < -0.3 is 21.5 Å². The van der Waals surface area contributed by atoms with Gasteiger partial charge in [0, 0.05) is 63.3 Å². The van der Waals surface area contributed by atoms with Crippen LogP contribution in [0.5, 0.6) is 0 Å². The Hall–Kier alpha value is -2.59. The van der Waals surface area contributed by atoms with Crippen molar-refractivity contribution in [3.63, 3.8) is 0 Å². The molecule has 1 radical (unpaired) electrons. The van der Waals surface area contributed by atoms with E-state index in [2.05, 4.69) is 25.9 Å². The van der Waals surface area contributed by atoms with Crippen LogP contribution in [0.4, 0.5) is 19.6 Å². The third-order valence-electron chi connectivity index (χ3n) is 5.36. The largest absolute Gasteiger partial charge is 0.386 e. The van der Waals surface area contributed by atoms with Crippen LogP contribution >= 0.6 is 11.3 Å². The molecule has 0 aliphatic heterocycles. The van der Waals surface area contributed by atoms with E-state index < -0.39 is 23.1 Å². The number of nitrogens with two attached hydrogens (primary N) is 1. The molecule has 4 rings (SSSR count). The van der Waals surface area contributed by atoms with E-state index in [1.165, 1.54) is 37.8 Å². The number of nitrogens with one attached hydrogen (secondary N) is 2. The molecule has 0 saturated carbocycles. The number of halogens is 2. The molecule has 0 unspecified atom stereocenters. The topological polar surface area (TPSA) is 148 Å². The zero-order chi connectivity index (χ0) is 26.9. The number of anilines is 2. The molecule has 0 bridgehead atoms. The number of benzene rings is 1. The Morgan fingerprint density at radius 3 is 2.47 bits per heavy atom. The predicted molar refractivity (Wildman–Crippen MR) is 139 cm³/mol. The van der Waals surface area contributed by atoms with Gasteiger partial charge in [0.1, 0.15) is 22.5 Å². The summed E-state index contributed by atoms with van der Waals surface area (Å²) in [6, 6.07) is 8.51. The number of hydrogen-bond donors (Lipinski definition) is 4. The number of carbonyl (C=O) groups excluding carboxylic acids is 2. The maximum atomic E-state index is 14.9. The van der Waals surface area contributed by atoms with Gasteiger partial charge in [0.15, 0.2) is 5.69 Å². The van der Waals surface area contributed by atoms with Crippen molar-refractivity contribution in [1.29, 1.82) is 0 Å². The fourth-order valence-corrected chi connectivity index (χ4v) is 4.60. The van der Waals surface area contributed by atoms with E-state index in [9.17, 15) is 23.5 Å². The van der Waals surface area contributed by atoms with Crippen molar-refractivity contribution in [2.75, 3.05) is 12.4 Å². The summed E-state index contributed by atoms with van der Waals surface area (Å²) >= 11 is 0.930. The van der Waals surface area contributed by atoms with Crippen molar-refractivity contribution in [3.05, 3.63) is 76.7 Å². The van der Waals surface area contributed by atoms with Crippen LogP contribution in [0, 0.1) is 11.6 Å². The standard InChI is InChI=1S/C24H23F2N7O3S.K/c1-24(2,36)12-7-15(25)20(16(26)8-12)18-9-14(21(27)34)23(37-18)30-19-6-4-5-13(29-19)10-33-11-17(31-32-33)22(35)28-3;/h4-9,11,36H,10H2,1-3H3,(H2,27,34)(H,28,35)(H,29,30);. The molecule has 1 aromatic carbocycles. The van der Waals surface area contributed by atoms with Gasteiger partial charge in [-0.1, -0.05) is 11.3 Å². The molecule has 0 saturated heterocycles. The molecular weight excluding hydrogens is 543 g/mol. The number of carbonyl (C=O) groups is 2. The molecule has 14 heteroatoms. The normalized spacial score (nSPS) is 11.1. The number of nitrogens with zero attached hydrogens (tertiary/aromatic N) is 4. The van der Waals surface area contributed by atoms with E-state index in [4.69, 9.17) is 5.73 Å². The zero-order valence-corrected chi connectivity index (χ0v) is 25.0. The van der Waals surface area contributed by atoms with Gasteiger partial charge in [0.25, 0.3) is 11.8 Å². The summed E-state index contributed by atoms with van der Waals surface area (Å²) < 4.78 is 31.2. The molecule has 4 aromatic rings. The summed E-state index contributed by atoms with van der Waals surface area (Å²) in [4.78, 5) is 28.4. The smallest absolute Gasteiger partial charge is 0.273 e. The second kappa shape index (κ2) is 12.1. The average molecular weight is 567 g/mol. The maximum Gasteiger partial charge on any atom is 0.273 e. The Morgan fingerprint density at radius 1 is 1.18 bits per heavy atom. The Kier molecular flexibility index (Phi) is 9.51. The molecule has 5 N–H and O–H groups in total. The molecule has 10 nitrogen and oxygen atoms in total.